The molecule has 0 aliphatic heterocycles. The van der Waals surface area contributed by atoms with Crippen LogP contribution in [0.2, 0.25) is 5.02 Å². The fraction of sp³-hybridized carbons (Fsp3) is 0.0769. The van der Waals surface area contributed by atoms with E-state index in [2.05, 4.69) is 22.6 Å². The average Bonchev–Trinajstić information content (AvgIpc) is 2.32. The predicted octanol–water partition coefficient (Wildman–Crippen LogP) is 4.20. The molecule has 0 heterocycles. The molecular weight excluding hydrogens is 349 g/mol. The number of rotatable bonds is 3. The van der Waals surface area contributed by atoms with Crippen LogP contribution < -0.4 is 10.5 Å². The van der Waals surface area contributed by atoms with Gasteiger partial charge in [-0.3, -0.25) is 0 Å². The molecule has 0 aliphatic rings. The molecule has 0 spiro atoms. The zero-order valence-corrected chi connectivity index (χ0v) is 11.9. The van der Waals surface area contributed by atoms with Gasteiger partial charge in [-0.05, 0) is 46.9 Å². The summed E-state index contributed by atoms with van der Waals surface area (Å²) < 4.78 is 6.89. The summed E-state index contributed by atoms with van der Waals surface area (Å²) in [5.41, 5.74) is 6.61. The van der Waals surface area contributed by atoms with E-state index in [4.69, 9.17) is 22.1 Å². The maximum absolute atomic E-state index is 5.96. The third kappa shape index (κ3) is 3.12. The largest absolute Gasteiger partial charge is 0.456 e. The molecule has 2 N–H and O–H groups in total. The van der Waals surface area contributed by atoms with E-state index in [0.29, 0.717) is 17.3 Å². The molecular formula is C13H11ClINO. The van der Waals surface area contributed by atoms with Crippen molar-refractivity contribution in [1.29, 1.82) is 0 Å². The van der Waals surface area contributed by atoms with Crippen LogP contribution in [0.4, 0.5) is 0 Å². The number of ether oxygens (including phenoxy) is 1. The summed E-state index contributed by atoms with van der Waals surface area (Å²) in [4.78, 5) is 0. The number of nitrogens with two attached hydrogens (primary N) is 1. The van der Waals surface area contributed by atoms with Gasteiger partial charge in [-0.2, -0.15) is 0 Å². The van der Waals surface area contributed by atoms with Gasteiger partial charge in [0.15, 0.2) is 0 Å². The van der Waals surface area contributed by atoms with Crippen molar-refractivity contribution in [2.24, 2.45) is 5.73 Å². The molecule has 2 aromatic carbocycles. The molecule has 2 aromatic rings. The Morgan fingerprint density at radius 2 is 1.88 bits per heavy atom. The van der Waals surface area contributed by atoms with E-state index < -0.39 is 0 Å². The highest BCUT2D eigenvalue weighted by atomic mass is 127. The van der Waals surface area contributed by atoms with E-state index in [9.17, 15) is 0 Å². The summed E-state index contributed by atoms with van der Waals surface area (Å²) in [6.45, 7) is 0.427. The first-order valence-electron chi connectivity index (χ1n) is 5.11. The smallest absolute Gasteiger partial charge is 0.140 e. The van der Waals surface area contributed by atoms with Gasteiger partial charge in [0.25, 0.3) is 0 Å². The lowest BCUT2D eigenvalue weighted by molar-refractivity contribution is 0.473. The highest BCUT2D eigenvalue weighted by Crippen LogP contribution is 2.30. The average molecular weight is 360 g/mol. The first-order chi connectivity index (χ1) is 8.20. The summed E-state index contributed by atoms with van der Waals surface area (Å²) >= 11 is 8.19. The maximum Gasteiger partial charge on any atom is 0.140 e. The molecule has 0 saturated carbocycles. The van der Waals surface area contributed by atoms with Crippen molar-refractivity contribution in [3.8, 4) is 11.5 Å². The van der Waals surface area contributed by atoms with E-state index in [-0.39, 0.29) is 0 Å². The summed E-state index contributed by atoms with van der Waals surface area (Å²) in [5, 5.41) is 0.642. The van der Waals surface area contributed by atoms with Gasteiger partial charge in [0.05, 0.1) is 3.57 Å². The van der Waals surface area contributed by atoms with Crippen molar-refractivity contribution >= 4 is 34.2 Å². The Morgan fingerprint density at radius 3 is 2.59 bits per heavy atom. The van der Waals surface area contributed by atoms with Gasteiger partial charge in [-0.1, -0.05) is 29.8 Å². The van der Waals surface area contributed by atoms with Crippen LogP contribution in [0.25, 0.3) is 0 Å². The molecule has 88 valence electrons. The van der Waals surface area contributed by atoms with Gasteiger partial charge in [0, 0.05) is 17.1 Å². The van der Waals surface area contributed by atoms with Gasteiger partial charge in [-0.25, -0.2) is 0 Å². The Balaban J connectivity index is 2.35. The van der Waals surface area contributed by atoms with Crippen LogP contribution in [0.3, 0.4) is 0 Å². The van der Waals surface area contributed by atoms with Gasteiger partial charge >= 0.3 is 0 Å². The highest BCUT2D eigenvalue weighted by Gasteiger charge is 2.06. The Labute approximate surface area is 119 Å². The number of benzene rings is 2. The fourth-order valence-corrected chi connectivity index (χ4v) is 2.10. The van der Waals surface area contributed by atoms with Crippen LogP contribution in [-0.2, 0) is 6.54 Å². The van der Waals surface area contributed by atoms with E-state index >= 15 is 0 Å². The summed E-state index contributed by atoms with van der Waals surface area (Å²) in [5.74, 6) is 1.52. The molecule has 0 atom stereocenters. The van der Waals surface area contributed by atoms with Gasteiger partial charge in [-0.15, -0.1) is 0 Å². The first kappa shape index (κ1) is 12.7. The normalized spacial score (nSPS) is 10.3. The molecule has 0 fully saturated rings. The van der Waals surface area contributed by atoms with Gasteiger partial charge < -0.3 is 10.5 Å². The van der Waals surface area contributed by atoms with E-state index in [1.54, 1.807) is 6.07 Å². The van der Waals surface area contributed by atoms with E-state index in [1.165, 1.54) is 0 Å². The summed E-state index contributed by atoms with van der Waals surface area (Å²) in [7, 11) is 0. The SMILES string of the molecule is NCc1ccc(Cl)cc1Oc1ccccc1I. The second-order valence-electron chi connectivity index (χ2n) is 3.49. The second kappa shape index (κ2) is 5.71. The van der Waals surface area contributed by atoms with Crippen LogP contribution in [0.5, 0.6) is 11.5 Å². The molecule has 0 aliphatic carbocycles. The molecule has 0 aromatic heterocycles. The van der Waals surface area contributed by atoms with E-state index in [0.717, 1.165) is 14.9 Å². The number of para-hydroxylation sites is 1. The Morgan fingerprint density at radius 1 is 1.12 bits per heavy atom. The lowest BCUT2D eigenvalue weighted by Crippen LogP contribution is -1.99. The predicted molar refractivity (Wildman–Crippen MR) is 78.6 cm³/mol. The molecule has 0 radical (unpaired) electrons. The van der Waals surface area contributed by atoms with Crippen molar-refractivity contribution in [2.75, 3.05) is 0 Å². The standard InChI is InChI=1S/C13H11ClINO/c14-10-6-5-9(8-16)13(7-10)17-12-4-2-1-3-11(12)15/h1-7H,8,16H2. The minimum absolute atomic E-state index is 0.427. The third-order valence-corrected chi connectivity index (χ3v) is 3.43. The van der Waals surface area contributed by atoms with Crippen molar-refractivity contribution < 1.29 is 4.74 Å². The number of hydrogen-bond acceptors (Lipinski definition) is 2. The van der Waals surface area contributed by atoms with Crippen molar-refractivity contribution in [3.63, 3.8) is 0 Å². The lowest BCUT2D eigenvalue weighted by Gasteiger charge is -2.11. The van der Waals surface area contributed by atoms with Gasteiger partial charge in [0.2, 0.25) is 0 Å². The Hall–Kier alpha value is -0.780. The van der Waals surface area contributed by atoms with Crippen molar-refractivity contribution in [3.05, 3.63) is 56.6 Å². The third-order valence-electron chi connectivity index (χ3n) is 2.31. The molecule has 0 unspecified atom stereocenters. The zero-order chi connectivity index (χ0) is 12.3. The monoisotopic (exact) mass is 359 g/mol. The van der Waals surface area contributed by atoms with Crippen LogP contribution in [0.15, 0.2) is 42.5 Å². The fourth-order valence-electron chi connectivity index (χ4n) is 1.44. The van der Waals surface area contributed by atoms with Crippen LogP contribution in [0.1, 0.15) is 5.56 Å². The zero-order valence-electron chi connectivity index (χ0n) is 8.99. The van der Waals surface area contributed by atoms with Crippen LogP contribution in [0, 0.1) is 3.57 Å². The second-order valence-corrected chi connectivity index (χ2v) is 5.09. The van der Waals surface area contributed by atoms with Gasteiger partial charge in [0.1, 0.15) is 11.5 Å². The Bertz CT molecular complexity index is 531. The van der Waals surface area contributed by atoms with E-state index in [1.807, 2.05) is 36.4 Å². The number of hydrogen-bond donors (Lipinski definition) is 1. The molecule has 0 saturated heterocycles. The van der Waals surface area contributed by atoms with Crippen molar-refractivity contribution in [2.45, 2.75) is 6.54 Å². The topological polar surface area (TPSA) is 35.2 Å². The minimum atomic E-state index is 0.427. The van der Waals surface area contributed by atoms with Crippen LogP contribution in [-0.4, -0.2) is 0 Å². The van der Waals surface area contributed by atoms with Crippen LogP contribution >= 0.6 is 34.2 Å². The highest BCUT2D eigenvalue weighted by molar-refractivity contribution is 14.1. The number of halogens is 2. The molecule has 0 bridgehead atoms. The molecule has 2 nitrogen and oxygen atoms in total. The molecule has 0 amide bonds. The summed E-state index contributed by atoms with van der Waals surface area (Å²) in [6.07, 6.45) is 0. The van der Waals surface area contributed by atoms with Crippen molar-refractivity contribution in [1.82, 2.24) is 0 Å². The lowest BCUT2D eigenvalue weighted by atomic mass is 10.2. The first-order valence-corrected chi connectivity index (χ1v) is 6.57. The molecule has 2 rings (SSSR count). The molecule has 17 heavy (non-hydrogen) atoms. The molecule has 4 heteroatoms. The maximum atomic E-state index is 5.96. The quantitative estimate of drug-likeness (QED) is 0.834. The summed E-state index contributed by atoms with van der Waals surface area (Å²) in [6, 6.07) is 13.3. The minimum Gasteiger partial charge on any atom is -0.456 e. The Kier molecular flexibility index (Phi) is 4.25.